The number of fused-ring (bicyclic) bond motifs is 3. The number of carbonyl (C=O) groups excluding carboxylic acids is 2. The van der Waals surface area contributed by atoms with E-state index in [1.54, 1.807) is 30.7 Å². The summed E-state index contributed by atoms with van der Waals surface area (Å²) in [5.41, 5.74) is 4.39. The van der Waals surface area contributed by atoms with Crippen LogP contribution in [0.5, 0.6) is 5.75 Å². The van der Waals surface area contributed by atoms with Crippen molar-refractivity contribution in [1.29, 1.82) is 0 Å². The summed E-state index contributed by atoms with van der Waals surface area (Å²) in [5.74, 6) is 2.34. The topological polar surface area (TPSA) is 115 Å². The summed E-state index contributed by atoms with van der Waals surface area (Å²) in [6, 6.07) is 10.6. The van der Waals surface area contributed by atoms with Crippen LogP contribution in [0.4, 0.5) is 10.6 Å². The third-order valence-electron chi connectivity index (χ3n) is 12.5. The Hall–Kier alpha value is -3.51. The van der Waals surface area contributed by atoms with Crippen LogP contribution in [-0.4, -0.2) is 84.4 Å². The fourth-order valence-corrected chi connectivity index (χ4v) is 10.3. The molecular weight excluding hydrogens is 693 g/mol. The van der Waals surface area contributed by atoms with Gasteiger partial charge in [-0.25, -0.2) is 14.8 Å². The quantitative estimate of drug-likeness (QED) is 0.201. The van der Waals surface area contributed by atoms with Gasteiger partial charge in [-0.15, -0.1) is 0 Å². The van der Waals surface area contributed by atoms with Crippen molar-refractivity contribution in [2.24, 2.45) is 11.3 Å². The van der Waals surface area contributed by atoms with Gasteiger partial charge in [0.1, 0.15) is 38.6 Å². The Kier molecular flexibility index (Phi) is 10.2. The second-order valence-corrected chi connectivity index (χ2v) is 21.2. The summed E-state index contributed by atoms with van der Waals surface area (Å²) in [5, 5.41) is -0.0550. The molecule has 0 N–H and O–H groups in total. The van der Waals surface area contributed by atoms with E-state index >= 15 is 0 Å². The van der Waals surface area contributed by atoms with Gasteiger partial charge >= 0.3 is 6.09 Å². The molecule has 3 heterocycles. The first-order valence-electron chi connectivity index (χ1n) is 18.8. The van der Waals surface area contributed by atoms with Crippen LogP contribution in [0.15, 0.2) is 47.2 Å². The number of benzene rings is 1. The van der Waals surface area contributed by atoms with Gasteiger partial charge in [0.2, 0.25) is 5.91 Å². The van der Waals surface area contributed by atoms with Crippen molar-refractivity contribution < 1.29 is 27.7 Å². The van der Waals surface area contributed by atoms with E-state index in [0.29, 0.717) is 57.0 Å². The maximum absolute atomic E-state index is 14.7. The van der Waals surface area contributed by atoms with Gasteiger partial charge in [0, 0.05) is 43.2 Å². The zero-order chi connectivity index (χ0) is 36.8. The zero-order valence-electron chi connectivity index (χ0n) is 31.2. The van der Waals surface area contributed by atoms with Gasteiger partial charge in [-0.3, -0.25) is 13.9 Å². The van der Waals surface area contributed by atoms with E-state index in [1.165, 1.54) is 11.1 Å². The van der Waals surface area contributed by atoms with Crippen LogP contribution in [0.2, 0.25) is 0 Å². The lowest BCUT2D eigenvalue weighted by atomic mass is 9.51. The first-order chi connectivity index (χ1) is 24.8. The Morgan fingerprint density at radius 3 is 2.35 bits per heavy atom. The molecule has 278 valence electrons. The minimum atomic E-state index is -2.12. The molecule has 1 aromatic carbocycles. The van der Waals surface area contributed by atoms with Crippen LogP contribution in [0.3, 0.4) is 0 Å². The van der Waals surface area contributed by atoms with E-state index in [4.69, 9.17) is 23.9 Å². The standard InChI is InChI=1S/C40H52N4O6SSi/c1-26(2)36-42-33(24-49-36)29-12-19-41-35(21-29)44(25-39-13-16-40(17-14-39,18-15-39)30-8-11-34(48-4)27(3)20-30)37(45)28-6-9-31(10-7-28)50-38(46)43-22-32(23-43)51(5,47)52/h8,11-12,19-21,24,26,28,31-32H,6-7,9-10,13-18,22-23,25H2,1-5H3. The average Bonchev–Trinajstić information content (AvgIpc) is 3.62. The van der Waals surface area contributed by atoms with E-state index in [-0.39, 0.29) is 46.0 Å². The van der Waals surface area contributed by atoms with E-state index < -0.39 is 8.93 Å². The molecule has 12 heteroatoms. The van der Waals surface area contributed by atoms with Crippen LogP contribution >= 0.6 is 0 Å². The van der Waals surface area contributed by atoms with E-state index in [2.05, 4.69) is 47.9 Å². The van der Waals surface area contributed by atoms with Gasteiger partial charge in [-0.1, -0.05) is 26.0 Å². The Labute approximate surface area is 311 Å². The number of rotatable bonds is 10. The molecule has 52 heavy (non-hydrogen) atoms. The second-order valence-electron chi connectivity index (χ2n) is 16.3. The number of methoxy groups -OCH3 is 1. The molecule has 3 aromatic rings. The Morgan fingerprint density at radius 2 is 1.75 bits per heavy atom. The number of hydrogen-bond donors (Lipinski definition) is 0. The molecule has 0 spiro atoms. The fraction of sp³-hybridized carbons (Fsp3) is 0.600. The summed E-state index contributed by atoms with van der Waals surface area (Å²) in [7, 11) is 2.92. The molecule has 2 radical (unpaired) electrons. The number of amides is 2. The number of carbonyl (C=O) groups is 2. The molecule has 8 rings (SSSR count). The highest BCUT2D eigenvalue weighted by Gasteiger charge is 2.51. The zero-order valence-corrected chi connectivity index (χ0v) is 33.0. The Bertz CT molecular complexity index is 1890. The van der Waals surface area contributed by atoms with Crippen molar-refractivity contribution in [3.63, 3.8) is 0 Å². The first-order valence-corrected chi connectivity index (χ1v) is 22.1. The lowest BCUT2D eigenvalue weighted by Crippen LogP contribution is -2.57. The van der Waals surface area contributed by atoms with E-state index in [9.17, 15) is 13.8 Å². The van der Waals surface area contributed by atoms with E-state index in [1.807, 2.05) is 17.0 Å². The molecule has 1 unspecified atom stereocenters. The summed E-state index contributed by atoms with van der Waals surface area (Å²) in [4.78, 5) is 40.6. The maximum Gasteiger partial charge on any atom is 0.410 e. The number of hydrogen-bond acceptors (Lipinski definition) is 8. The molecule has 2 aromatic heterocycles. The molecule has 1 aliphatic heterocycles. The molecule has 5 fully saturated rings. The van der Waals surface area contributed by atoms with Crippen molar-refractivity contribution >= 4 is 35.7 Å². The molecule has 4 aliphatic carbocycles. The molecule has 5 aliphatic rings. The van der Waals surface area contributed by atoms with Gasteiger partial charge < -0.3 is 18.8 Å². The van der Waals surface area contributed by atoms with Crippen molar-refractivity contribution in [2.45, 2.75) is 108 Å². The minimum Gasteiger partial charge on any atom is -0.496 e. The Morgan fingerprint density at radius 1 is 1.06 bits per heavy atom. The molecule has 2 bridgehead atoms. The van der Waals surface area contributed by atoms with Gasteiger partial charge in [-0.2, -0.15) is 0 Å². The van der Waals surface area contributed by atoms with Gasteiger partial charge in [0.25, 0.3) is 0 Å². The molecule has 2 amide bonds. The number of aromatic nitrogens is 2. The normalized spacial score (nSPS) is 27.2. The van der Waals surface area contributed by atoms with Crippen LogP contribution in [0.25, 0.3) is 11.3 Å². The fourth-order valence-electron chi connectivity index (χ4n) is 8.90. The van der Waals surface area contributed by atoms with Crippen LogP contribution in [0, 0.1) is 18.3 Å². The SMILES string of the molecule is COc1ccc(C23CCC(CN(C(=O)C4CCC(OC(=O)N5CC(S(C)(=O)=[Si])C5)CC4)c4cc(-c5coc(C(C)C)n5)ccn4)(CC2)CC3)cc1C. The molecule has 1 atom stereocenters. The minimum absolute atomic E-state index is 0.0218. The smallest absolute Gasteiger partial charge is 0.410 e. The number of anilines is 1. The molecule has 4 saturated carbocycles. The van der Waals surface area contributed by atoms with E-state index in [0.717, 1.165) is 55.5 Å². The summed E-state index contributed by atoms with van der Waals surface area (Å²) >= 11 is 0. The number of nitrogens with zero attached hydrogens (tertiary/aromatic N) is 4. The molecular formula is C40H52N4O6SSi. The number of pyridine rings is 1. The van der Waals surface area contributed by atoms with Crippen molar-refractivity contribution in [3.05, 3.63) is 59.8 Å². The first kappa shape index (κ1) is 36.8. The molecule has 10 nitrogen and oxygen atoms in total. The third-order valence-corrected chi connectivity index (χ3v) is 15.1. The van der Waals surface area contributed by atoms with Gasteiger partial charge in [-0.05, 0) is 126 Å². The van der Waals surface area contributed by atoms with Crippen molar-refractivity contribution in [3.8, 4) is 17.0 Å². The largest absolute Gasteiger partial charge is 0.496 e. The van der Waals surface area contributed by atoms with Crippen molar-refractivity contribution in [2.75, 3.05) is 37.9 Å². The monoisotopic (exact) mass is 744 g/mol. The number of oxazole rings is 1. The number of aryl methyl sites for hydroxylation is 1. The lowest BCUT2D eigenvalue weighted by molar-refractivity contribution is -0.124. The summed E-state index contributed by atoms with van der Waals surface area (Å²) in [6.07, 6.45) is 13.6. The highest BCUT2D eigenvalue weighted by molar-refractivity contribution is 8.05. The van der Waals surface area contributed by atoms with Crippen LogP contribution in [0.1, 0.15) is 101 Å². The van der Waals surface area contributed by atoms with Gasteiger partial charge in [0.15, 0.2) is 5.89 Å². The highest BCUT2D eigenvalue weighted by atomic mass is 32.3. The number of ether oxygens (including phenoxy) is 2. The van der Waals surface area contributed by atoms with Crippen LogP contribution < -0.4 is 9.64 Å². The summed E-state index contributed by atoms with van der Waals surface area (Å²) in [6.45, 7) is 7.73. The average molecular weight is 745 g/mol. The predicted molar refractivity (Wildman–Crippen MR) is 203 cm³/mol. The number of likely N-dealkylation sites (tertiary alicyclic amines) is 1. The lowest BCUT2D eigenvalue weighted by Gasteiger charge is -2.55. The third kappa shape index (κ3) is 7.34. The maximum atomic E-state index is 14.7. The van der Waals surface area contributed by atoms with Crippen LogP contribution in [-0.2, 0) is 23.9 Å². The Balaban J connectivity index is 1.07. The predicted octanol–water partition coefficient (Wildman–Crippen LogP) is 7.18. The second kappa shape index (κ2) is 14.4. The molecule has 1 saturated heterocycles. The van der Waals surface area contributed by atoms with Gasteiger partial charge in [0.05, 0.1) is 12.4 Å². The summed E-state index contributed by atoms with van der Waals surface area (Å²) < 4.78 is 29.4. The van der Waals surface area contributed by atoms with Crippen molar-refractivity contribution in [1.82, 2.24) is 14.9 Å². The highest BCUT2D eigenvalue weighted by Crippen LogP contribution is 2.58.